The molecule has 2 aliphatic rings. The summed E-state index contributed by atoms with van der Waals surface area (Å²) in [5.41, 5.74) is 1.13. The van der Waals surface area contributed by atoms with Gasteiger partial charge in [0.1, 0.15) is 16.4 Å². The summed E-state index contributed by atoms with van der Waals surface area (Å²) in [7, 11) is -3.99. The molecule has 2 aromatic rings. The number of aryl methyl sites for hydroxylation is 1. The predicted octanol–water partition coefficient (Wildman–Crippen LogP) is 4.01. The van der Waals surface area contributed by atoms with Crippen LogP contribution in [-0.4, -0.2) is 48.8 Å². The fourth-order valence-corrected chi connectivity index (χ4v) is 6.54. The summed E-state index contributed by atoms with van der Waals surface area (Å²) in [5, 5.41) is 3.24. The molecule has 2 aliphatic heterocycles. The Morgan fingerprint density at radius 3 is 2.31 bits per heavy atom. The Morgan fingerprint density at radius 1 is 1.14 bits per heavy atom. The van der Waals surface area contributed by atoms with E-state index in [0.717, 1.165) is 11.2 Å². The number of benzene rings is 1. The van der Waals surface area contributed by atoms with Crippen LogP contribution < -0.4 is 10.2 Å². The smallest absolute Gasteiger partial charge is 0.285 e. The lowest BCUT2D eigenvalue weighted by Gasteiger charge is -2.34. The second kappa shape index (κ2) is 9.22. The SMILES string of the molecule is Cc1cc(C(C)(F)F)cnc1N1CCC(NC2=C(c3ccccc3)S(=O)(=O)N(C(C)C)C2=O)CC1. The van der Waals surface area contributed by atoms with Gasteiger partial charge in [-0.3, -0.25) is 4.79 Å². The quantitative estimate of drug-likeness (QED) is 0.640. The van der Waals surface area contributed by atoms with Crippen LogP contribution in [0.15, 0.2) is 48.3 Å². The summed E-state index contributed by atoms with van der Waals surface area (Å²) in [6.07, 6.45) is 2.48. The third kappa shape index (κ3) is 4.76. The van der Waals surface area contributed by atoms with Crippen LogP contribution in [0.5, 0.6) is 0 Å². The zero-order chi connectivity index (χ0) is 25.5. The van der Waals surface area contributed by atoms with Crippen molar-refractivity contribution in [1.82, 2.24) is 14.6 Å². The van der Waals surface area contributed by atoms with Crippen molar-refractivity contribution in [2.45, 2.75) is 58.5 Å². The number of carbonyl (C=O) groups is 1. The Morgan fingerprint density at radius 2 is 1.77 bits per heavy atom. The summed E-state index contributed by atoms with van der Waals surface area (Å²) in [4.78, 5) is 19.5. The van der Waals surface area contributed by atoms with Crippen LogP contribution in [0.3, 0.4) is 0 Å². The van der Waals surface area contributed by atoms with Crippen molar-refractivity contribution in [3.8, 4) is 0 Å². The first-order valence-electron chi connectivity index (χ1n) is 11.7. The van der Waals surface area contributed by atoms with Gasteiger partial charge in [-0.2, -0.15) is 0 Å². The van der Waals surface area contributed by atoms with Gasteiger partial charge in [0.05, 0.1) is 0 Å². The van der Waals surface area contributed by atoms with E-state index in [1.165, 1.54) is 12.3 Å². The number of rotatable bonds is 6. The Labute approximate surface area is 204 Å². The largest absolute Gasteiger partial charge is 0.377 e. The van der Waals surface area contributed by atoms with Crippen LogP contribution >= 0.6 is 0 Å². The van der Waals surface area contributed by atoms with E-state index in [1.54, 1.807) is 51.1 Å². The second-order valence-corrected chi connectivity index (χ2v) is 11.2. The van der Waals surface area contributed by atoms with Crippen LogP contribution in [-0.2, 0) is 20.7 Å². The number of piperidine rings is 1. The van der Waals surface area contributed by atoms with Crippen molar-refractivity contribution in [2.24, 2.45) is 0 Å². The number of amides is 1. The van der Waals surface area contributed by atoms with Crippen LogP contribution in [0.2, 0.25) is 0 Å². The molecule has 0 atom stereocenters. The molecule has 0 radical (unpaired) electrons. The lowest BCUT2D eigenvalue weighted by atomic mass is 10.0. The van der Waals surface area contributed by atoms with Gasteiger partial charge in [0.15, 0.2) is 0 Å². The van der Waals surface area contributed by atoms with E-state index in [9.17, 15) is 22.0 Å². The van der Waals surface area contributed by atoms with Gasteiger partial charge in [-0.25, -0.2) is 26.5 Å². The van der Waals surface area contributed by atoms with Crippen molar-refractivity contribution in [1.29, 1.82) is 0 Å². The predicted molar refractivity (Wildman–Crippen MR) is 131 cm³/mol. The first kappa shape index (κ1) is 25.1. The van der Waals surface area contributed by atoms with Crippen molar-refractivity contribution in [2.75, 3.05) is 18.0 Å². The lowest BCUT2D eigenvalue weighted by molar-refractivity contribution is -0.123. The molecule has 35 heavy (non-hydrogen) atoms. The summed E-state index contributed by atoms with van der Waals surface area (Å²) >= 11 is 0. The highest BCUT2D eigenvalue weighted by molar-refractivity contribution is 7.99. The number of halogens is 2. The van der Waals surface area contributed by atoms with Crippen molar-refractivity contribution < 1.29 is 22.0 Å². The van der Waals surface area contributed by atoms with Gasteiger partial charge < -0.3 is 10.2 Å². The van der Waals surface area contributed by atoms with Crippen LogP contribution in [0.25, 0.3) is 4.91 Å². The topological polar surface area (TPSA) is 82.6 Å². The number of nitrogens with zero attached hydrogens (tertiary/aromatic N) is 3. The van der Waals surface area contributed by atoms with E-state index >= 15 is 0 Å². The van der Waals surface area contributed by atoms with Crippen molar-refractivity contribution in [3.05, 3.63) is 65.0 Å². The molecular formula is C25H30F2N4O3S. The van der Waals surface area contributed by atoms with E-state index in [2.05, 4.69) is 10.3 Å². The van der Waals surface area contributed by atoms with Gasteiger partial charge in [0.2, 0.25) is 0 Å². The van der Waals surface area contributed by atoms with Gasteiger partial charge in [0, 0.05) is 43.9 Å². The molecule has 188 valence electrons. The molecule has 4 rings (SSSR count). The number of hydrogen-bond acceptors (Lipinski definition) is 6. The summed E-state index contributed by atoms with van der Waals surface area (Å²) in [6.45, 7) is 7.15. The maximum Gasteiger partial charge on any atom is 0.285 e. The molecule has 1 amide bonds. The van der Waals surface area contributed by atoms with Crippen molar-refractivity contribution in [3.63, 3.8) is 0 Å². The highest BCUT2D eigenvalue weighted by Crippen LogP contribution is 2.37. The molecule has 10 heteroatoms. The Kier molecular flexibility index (Phi) is 6.61. The molecule has 1 N–H and O–H groups in total. The number of alkyl halides is 2. The Hall–Kier alpha value is -3.01. The molecule has 1 fully saturated rings. The third-order valence-corrected chi connectivity index (χ3v) is 8.42. The van der Waals surface area contributed by atoms with E-state index in [-0.39, 0.29) is 22.2 Å². The van der Waals surface area contributed by atoms with Crippen LogP contribution in [0.4, 0.5) is 14.6 Å². The summed E-state index contributed by atoms with van der Waals surface area (Å²) in [6, 6.07) is 9.48. The molecular weight excluding hydrogens is 474 g/mol. The fraction of sp³-hybridized carbons (Fsp3) is 0.440. The van der Waals surface area contributed by atoms with Gasteiger partial charge >= 0.3 is 0 Å². The molecule has 0 saturated carbocycles. The van der Waals surface area contributed by atoms with Gasteiger partial charge in [-0.05, 0) is 50.8 Å². The molecule has 0 spiro atoms. The first-order chi connectivity index (χ1) is 16.4. The van der Waals surface area contributed by atoms with E-state index in [4.69, 9.17) is 0 Å². The van der Waals surface area contributed by atoms with Gasteiger partial charge in [-0.1, -0.05) is 30.3 Å². The number of nitrogens with one attached hydrogen (secondary N) is 1. The average Bonchev–Trinajstić information content (AvgIpc) is 2.98. The van der Waals surface area contributed by atoms with Crippen molar-refractivity contribution >= 4 is 26.7 Å². The number of hydrogen-bond donors (Lipinski definition) is 1. The number of sulfonamides is 1. The van der Waals surface area contributed by atoms with Crippen LogP contribution in [0, 0.1) is 6.92 Å². The number of pyridine rings is 1. The highest BCUT2D eigenvalue weighted by atomic mass is 32.2. The zero-order valence-electron chi connectivity index (χ0n) is 20.3. The zero-order valence-corrected chi connectivity index (χ0v) is 21.1. The molecule has 1 saturated heterocycles. The summed E-state index contributed by atoms with van der Waals surface area (Å²) in [5.74, 6) is -2.84. The molecule has 3 heterocycles. The molecule has 1 aromatic carbocycles. The minimum absolute atomic E-state index is 0.00724. The number of aromatic nitrogens is 1. The average molecular weight is 505 g/mol. The normalized spacial score (nSPS) is 19.1. The monoisotopic (exact) mass is 504 g/mol. The molecule has 7 nitrogen and oxygen atoms in total. The number of anilines is 1. The fourth-order valence-electron chi connectivity index (χ4n) is 4.64. The Balaban J connectivity index is 1.55. The second-order valence-electron chi connectivity index (χ2n) is 9.43. The Bertz CT molecular complexity index is 1250. The minimum Gasteiger partial charge on any atom is -0.377 e. The third-order valence-electron chi connectivity index (χ3n) is 6.36. The molecule has 0 unspecified atom stereocenters. The van der Waals surface area contributed by atoms with Crippen LogP contribution in [0.1, 0.15) is 50.3 Å². The van der Waals surface area contributed by atoms with E-state index < -0.39 is 27.9 Å². The van der Waals surface area contributed by atoms with Gasteiger partial charge in [0.25, 0.3) is 21.9 Å². The molecule has 1 aromatic heterocycles. The highest BCUT2D eigenvalue weighted by Gasteiger charge is 2.46. The van der Waals surface area contributed by atoms with E-state index in [0.29, 0.717) is 42.9 Å². The molecule has 0 bridgehead atoms. The van der Waals surface area contributed by atoms with Gasteiger partial charge in [-0.15, -0.1) is 0 Å². The maximum absolute atomic E-state index is 13.6. The molecule has 0 aliphatic carbocycles. The minimum atomic E-state index is -3.99. The first-order valence-corrected chi connectivity index (χ1v) is 13.1. The maximum atomic E-state index is 13.6. The lowest BCUT2D eigenvalue weighted by Crippen LogP contribution is -2.45. The summed E-state index contributed by atoms with van der Waals surface area (Å²) < 4.78 is 54.8. The van der Waals surface area contributed by atoms with E-state index in [1.807, 2.05) is 4.90 Å². The number of carbonyl (C=O) groups excluding carboxylic acids is 1. The standard InChI is InChI=1S/C25H30F2N4O3S/c1-16(2)31-24(32)21(22(35(31,33)34)18-8-6-5-7-9-18)29-20-10-12-30(13-11-20)23-17(3)14-19(15-28-23)25(4,26)27/h5-9,14-16,20,29H,10-13H2,1-4H3.